The molecule has 0 heteroatoms. The molecule has 0 spiro atoms. The van der Waals surface area contributed by atoms with Gasteiger partial charge in [-0.15, -0.1) is 0 Å². The van der Waals surface area contributed by atoms with Gasteiger partial charge in [0.15, 0.2) is 0 Å². The average molecular weight is 902 g/mol. The van der Waals surface area contributed by atoms with E-state index in [1.165, 1.54) is 89.9 Å². The second kappa shape index (κ2) is 49.9. The molecule has 0 amide bonds. The highest BCUT2D eigenvalue weighted by molar-refractivity contribution is 4.65. The summed E-state index contributed by atoms with van der Waals surface area (Å²) >= 11 is 0. The van der Waals surface area contributed by atoms with Crippen molar-refractivity contribution in [2.24, 2.45) is 74.4 Å². The molecule has 0 aliphatic rings. The fourth-order valence-electron chi connectivity index (χ4n) is 3.76. The Hall–Kier alpha value is 0. The van der Waals surface area contributed by atoms with Crippen molar-refractivity contribution in [3.63, 3.8) is 0 Å². The Kier molecular flexibility index (Phi) is 65.8. The fourth-order valence-corrected chi connectivity index (χ4v) is 3.76. The summed E-state index contributed by atoms with van der Waals surface area (Å²) in [4.78, 5) is 0. The lowest BCUT2D eigenvalue weighted by Gasteiger charge is -2.22. The molecule has 0 rings (SSSR count). The van der Waals surface area contributed by atoms with E-state index in [0.29, 0.717) is 27.1 Å². The summed E-state index contributed by atoms with van der Waals surface area (Å²) < 4.78 is 0. The first-order chi connectivity index (χ1) is 28.2. The Morgan fingerprint density at radius 3 is 0.571 bits per heavy atom. The molecule has 0 N–H and O–H groups in total. The standard InChI is InChI=1S/9C7H16/c2*1-6(2)7(3,4)5;1-5-6-7(2,3)4;2*1-5-7(3,4)6-2;2*1-5-7(4)6(2)3;1-4-6-7(3)5-2;1-4-7(5-2)6-3/h2*6H,1-5H3;3*5-6H2,1-4H3;2*6-7H,5H2,1-4H3;2*7H,4-6H2,1-3H3. The van der Waals surface area contributed by atoms with Crippen LogP contribution in [0.4, 0.5) is 0 Å². The molecule has 0 aliphatic heterocycles. The minimum absolute atomic E-state index is 0.500. The van der Waals surface area contributed by atoms with Gasteiger partial charge < -0.3 is 0 Å². The molecule has 63 heavy (non-hydrogen) atoms. The lowest BCUT2D eigenvalue weighted by Crippen LogP contribution is -2.12. The van der Waals surface area contributed by atoms with Gasteiger partial charge in [-0.05, 0) is 80.8 Å². The summed E-state index contributed by atoms with van der Waals surface area (Å²) in [5, 5.41) is 0. The van der Waals surface area contributed by atoms with Crippen LogP contribution in [0.3, 0.4) is 0 Å². The van der Waals surface area contributed by atoms with Gasteiger partial charge in [0.05, 0.1) is 0 Å². The van der Waals surface area contributed by atoms with E-state index in [1.54, 1.807) is 0 Å². The van der Waals surface area contributed by atoms with Gasteiger partial charge in [-0.2, -0.15) is 0 Å². The van der Waals surface area contributed by atoms with Gasteiger partial charge in [-0.25, -0.2) is 0 Å². The van der Waals surface area contributed by atoms with Crippen LogP contribution in [0.15, 0.2) is 0 Å². The summed E-state index contributed by atoms with van der Waals surface area (Å²) in [6, 6.07) is 0. The summed E-state index contributed by atoms with van der Waals surface area (Å²) in [7, 11) is 0. The van der Waals surface area contributed by atoms with Crippen molar-refractivity contribution in [3.8, 4) is 0 Å². The molecule has 0 saturated heterocycles. The van der Waals surface area contributed by atoms with Gasteiger partial charge in [0.25, 0.3) is 0 Å². The van der Waals surface area contributed by atoms with Crippen LogP contribution in [0.2, 0.25) is 0 Å². The second-order valence-corrected chi connectivity index (χ2v) is 25.7. The molecule has 396 valence electrons. The molecule has 3 unspecified atom stereocenters. The normalized spacial score (nSPS) is 12.9. The highest BCUT2D eigenvalue weighted by atomic mass is 14.2. The third-order valence-corrected chi connectivity index (χ3v) is 15.1. The highest BCUT2D eigenvalue weighted by Gasteiger charge is 2.15. The largest absolute Gasteiger partial charge is 0.0654 e. The van der Waals surface area contributed by atoms with Crippen molar-refractivity contribution >= 4 is 0 Å². The fraction of sp³-hybridized carbons (Fsp3) is 1.00. The molecule has 0 aromatic carbocycles. The van der Waals surface area contributed by atoms with Crippen molar-refractivity contribution in [2.45, 2.75) is 339 Å². The smallest absolute Gasteiger partial charge is 0.0359 e. The Morgan fingerprint density at radius 2 is 0.556 bits per heavy atom. The van der Waals surface area contributed by atoms with Crippen LogP contribution in [0.25, 0.3) is 0 Å². The number of hydrogen-bond acceptors (Lipinski definition) is 0. The van der Waals surface area contributed by atoms with E-state index >= 15 is 0 Å². The zero-order valence-corrected chi connectivity index (χ0v) is 53.0. The Labute approximate surface area is 411 Å². The third kappa shape index (κ3) is 85.8. The van der Waals surface area contributed by atoms with Crippen molar-refractivity contribution in [1.29, 1.82) is 0 Å². The zero-order valence-electron chi connectivity index (χ0n) is 53.0. The first-order valence-corrected chi connectivity index (χ1v) is 28.2. The maximum atomic E-state index is 2.31. The van der Waals surface area contributed by atoms with Gasteiger partial charge in [0.1, 0.15) is 0 Å². The molecule has 0 aromatic heterocycles. The lowest BCUT2D eigenvalue weighted by atomic mass is 9.84. The molecular weight excluding hydrogens is 757 g/mol. The van der Waals surface area contributed by atoms with Crippen LogP contribution >= 0.6 is 0 Å². The van der Waals surface area contributed by atoms with Gasteiger partial charge in [-0.1, -0.05) is 333 Å². The molecule has 0 aliphatic carbocycles. The van der Waals surface area contributed by atoms with E-state index < -0.39 is 0 Å². The van der Waals surface area contributed by atoms with E-state index in [9.17, 15) is 0 Å². The van der Waals surface area contributed by atoms with Crippen molar-refractivity contribution in [2.75, 3.05) is 0 Å². The quantitative estimate of drug-likeness (QED) is 0.154. The Bertz CT molecular complexity index is 703. The minimum atomic E-state index is 0.500. The Morgan fingerprint density at radius 1 is 0.317 bits per heavy atom. The van der Waals surface area contributed by atoms with Crippen molar-refractivity contribution in [3.05, 3.63) is 0 Å². The number of rotatable bonds is 15. The van der Waals surface area contributed by atoms with E-state index in [0.717, 1.165) is 47.3 Å². The first-order valence-electron chi connectivity index (χ1n) is 28.2. The van der Waals surface area contributed by atoms with Gasteiger partial charge in [0.2, 0.25) is 0 Å². The highest BCUT2D eigenvalue weighted by Crippen LogP contribution is 2.25. The van der Waals surface area contributed by atoms with Gasteiger partial charge >= 0.3 is 0 Å². The van der Waals surface area contributed by atoms with E-state index in [4.69, 9.17) is 0 Å². The van der Waals surface area contributed by atoms with Crippen LogP contribution in [0.1, 0.15) is 339 Å². The molecule has 0 bridgehead atoms. The molecule has 0 heterocycles. The lowest BCUT2D eigenvalue weighted by molar-refractivity contribution is 0.283. The van der Waals surface area contributed by atoms with Gasteiger partial charge in [0, 0.05) is 0 Å². The molecule has 0 radical (unpaired) electrons. The van der Waals surface area contributed by atoms with E-state index in [1.807, 2.05) is 0 Å². The van der Waals surface area contributed by atoms with Crippen molar-refractivity contribution < 1.29 is 0 Å². The van der Waals surface area contributed by atoms with Crippen LogP contribution in [0.5, 0.6) is 0 Å². The van der Waals surface area contributed by atoms with Crippen LogP contribution < -0.4 is 0 Å². The Balaban J connectivity index is -0.0000000744. The predicted octanol–water partition coefficient (Wildman–Crippen LogP) is 24.9. The topological polar surface area (TPSA) is 0 Å². The van der Waals surface area contributed by atoms with E-state index in [2.05, 4.69) is 249 Å². The molecule has 0 nitrogen and oxygen atoms in total. The average Bonchev–Trinajstić information content (AvgIpc) is 3.18. The van der Waals surface area contributed by atoms with Crippen molar-refractivity contribution in [1.82, 2.24) is 0 Å². The molecule has 0 aromatic rings. The second-order valence-electron chi connectivity index (χ2n) is 25.7. The van der Waals surface area contributed by atoms with Crippen LogP contribution in [-0.2, 0) is 0 Å². The summed E-state index contributed by atoms with van der Waals surface area (Å²) in [6.07, 6.45) is 18.6. The monoisotopic (exact) mass is 901 g/mol. The molecular formula is C63H144. The molecule has 3 atom stereocenters. The zero-order chi connectivity index (χ0) is 53.0. The maximum Gasteiger partial charge on any atom is -0.0359 e. The van der Waals surface area contributed by atoms with E-state index in [-0.39, 0.29) is 0 Å². The predicted molar refractivity (Wildman–Crippen MR) is 309 cm³/mol. The molecule has 0 fully saturated rings. The summed E-state index contributed by atoms with van der Waals surface area (Å²) in [5.74, 6) is 7.07. The summed E-state index contributed by atoms with van der Waals surface area (Å²) in [6.45, 7) is 81.5. The SMILES string of the molecule is CC(C)C(C)(C)C.CC(C)C(C)(C)C.CCC(C)(C)CC.CCC(C)(C)CC.CCC(C)C(C)C.CCC(C)C(C)C.CCC(CC)CC.CCCC(C)(C)C.CCCC(C)CC. The third-order valence-electron chi connectivity index (χ3n) is 15.1. The maximum absolute atomic E-state index is 2.31. The first kappa shape index (κ1) is 83.0. The molecule has 0 saturated carbocycles. The van der Waals surface area contributed by atoms with Gasteiger partial charge in [-0.3, -0.25) is 0 Å². The summed E-state index contributed by atoms with van der Waals surface area (Å²) in [5.41, 5.74) is 2.72. The number of hydrogen-bond donors (Lipinski definition) is 0. The van der Waals surface area contributed by atoms with Crippen LogP contribution in [-0.4, -0.2) is 0 Å². The van der Waals surface area contributed by atoms with Crippen LogP contribution in [0, 0.1) is 74.4 Å². The minimum Gasteiger partial charge on any atom is -0.0654 e.